The largest absolute Gasteiger partial charge is 0.508 e. The summed E-state index contributed by atoms with van der Waals surface area (Å²) in [4.78, 5) is 12.9. The topological polar surface area (TPSA) is 55.8 Å². The molecule has 1 radical (unpaired) electrons. The fraction of sp³-hybridized carbons (Fsp3) is 0.0385. The van der Waals surface area contributed by atoms with Gasteiger partial charge in [-0.05, 0) is 59.7 Å². The average molecular weight is 395 g/mol. The van der Waals surface area contributed by atoms with Crippen molar-refractivity contribution >= 4 is 5.97 Å². The number of carbonyl (C=O) groups is 1. The maximum atomic E-state index is 12.9. The van der Waals surface area contributed by atoms with Crippen LogP contribution in [0, 0.1) is 6.07 Å². The van der Waals surface area contributed by atoms with Crippen molar-refractivity contribution in [2.75, 3.05) is 7.11 Å². The van der Waals surface area contributed by atoms with Crippen LogP contribution >= 0.6 is 0 Å². The third-order valence-electron chi connectivity index (χ3n) is 4.67. The van der Waals surface area contributed by atoms with Gasteiger partial charge in [-0.25, -0.2) is 4.79 Å². The highest BCUT2D eigenvalue weighted by atomic mass is 16.5. The van der Waals surface area contributed by atoms with Crippen molar-refractivity contribution in [3.05, 3.63) is 103 Å². The molecular formula is C26H19O4. The second kappa shape index (κ2) is 8.53. The monoisotopic (exact) mass is 395 g/mol. The zero-order valence-electron chi connectivity index (χ0n) is 16.3. The van der Waals surface area contributed by atoms with Gasteiger partial charge in [-0.15, -0.1) is 0 Å². The maximum absolute atomic E-state index is 12.9. The van der Waals surface area contributed by atoms with E-state index in [1.54, 1.807) is 55.6 Å². The Labute approximate surface area is 175 Å². The summed E-state index contributed by atoms with van der Waals surface area (Å²) in [5.74, 6) is 0.707. The van der Waals surface area contributed by atoms with Crippen molar-refractivity contribution in [1.82, 2.24) is 0 Å². The molecule has 0 aromatic heterocycles. The van der Waals surface area contributed by atoms with E-state index >= 15 is 0 Å². The van der Waals surface area contributed by atoms with E-state index in [9.17, 15) is 9.90 Å². The predicted molar refractivity (Wildman–Crippen MR) is 116 cm³/mol. The molecule has 147 valence electrons. The van der Waals surface area contributed by atoms with Gasteiger partial charge in [-0.3, -0.25) is 0 Å². The van der Waals surface area contributed by atoms with Gasteiger partial charge in [0.05, 0.1) is 12.7 Å². The number of phenolic OH excluding ortho intramolecular Hbond substituents is 1. The third kappa shape index (κ3) is 4.03. The van der Waals surface area contributed by atoms with Crippen molar-refractivity contribution in [1.29, 1.82) is 0 Å². The van der Waals surface area contributed by atoms with Gasteiger partial charge in [-0.1, -0.05) is 48.5 Å². The molecule has 4 heteroatoms. The Hall–Kier alpha value is -4.05. The molecule has 4 nitrogen and oxygen atoms in total. The normalized spacial score (nSPS) is 10.4. The summed E-state index contributed by atoms with van der Waals surface area (Å²) in [6.07, 6.45) is 0. The van der Waals surface area contributed by atoms with Crippen LogP contribution < -0.4 is 9.47 Å². The highest BCUT2D eigenvalue weighted by Gasteiger charge is 2.18. The minimum absolute atomic E-state index is 0.128. The lowest BCUT2D eigenvalue weighted by atomic mass is 9.97. The van der Waals surface area contributed by atoms with Gasteiger partial charge < -0.3 is 14.6 Å². The smallest absolute Gasteiger partial charge is 0.343 e. The summed E-state index contributed by atoms with van der Waals surface area (Å²) >= 11 is 0. The van der Waals surface area contributed by atoms with E-state index in [2.05, 4.69) is 6.07 Å². The van der Waals surface area contributed by atoms with Crippen molar-refractivity contribution in [2.45, 2.75) is 0 Å². The van der Waals surface area contributed by atoms with E-state index in [4.69, 9.17) is 9.47 Å². The Morgan fingerprint density at radius 3 is 2.40 bits per heavy atom. The standard InChI is InChI=1S/C26H19O4/c1-29-22-13-6-11-20(17-22)24-15-7-14-23(19-10-5-12-21(27)16-19)25(24)30-26(28)18-8-3-2-4-9-18/h2-14,16-17,27H,1H3. The van der Waals surface area contributed by atoms with Crippen molar-refractivity contribution in [3.8, 4) is 39.5 Å². The molecule has 0 aliphatic rings. The molecule has 4 aromatic carbocycles. The third-order valence-corrected chi connectivity index (χ3v) is 4.67. The molecule has 0 aliphatic heterocycles. The van der Waals surface area contributed by atoms with Crippen molar-refractivity contribution in [3.63, 3.8) is 0 Å². The molecule has 0 saturated heterocycles. The van der Waals surface area contributed by atoms with Gasteiger partial charge in [0, 0.05) is 11.1 Å². The lowest BCUT2D eigenvalue weighted by Crippen LogP contribution is -2.10. The Morgan fingerprint density at radius 1 is 0.867 bits per heavy atom. The molecule has 0 aliphatic carbocycles. The number of esters is 1. The van der Waals surface area contributed by atoms with E-state index in [0.717, 1.165) is 11.1 Å². The maximum Gasteiger partial charge on any atom is 0.343 e. The van der Waals surface area contributed by atoms with Crippen LogP contribution in [0.5, 0.6) is 17.2 Å². The number of rotatable bonds is 5. The molecule has 0 amide bonds. The predicted octanol–water partition coefficient (Wildman–Crippen LogP) is 5.75. The highest BCUT2D eigenvalue weighted by molar-refractivity contribution is 5.94. The zero-order valence-corrected chi connectivity index (χ0v) is 16.3. The molecule has 0 fully saturated rings. The Bertz CT molecular complexity index is 1180. The molecule has 1 N–H and O–H groups in total. The number of hydrogen-bond donors (Lipinski definition) is 1. The highest BCUT2D eigenvalue weighted by Crippen LogP contribution is 2.40. The van der Waals surface area contributed by atoms with Gasteiger partial charge >= 0.3 is 5.97 Å². The number of carbonyl (C=O) groups excluding carboxylic acids is 1. The van der Waals surface area contributed by atoms with Crippen LogP contribution in [0.4, 0.5) is 0 Å². The van der Waals surface area contributed by atoms with E-state index in [1.165, 1.54) is 0 Å². The number of benzene rings is 4. The van der Waals surface area contributed by atoms with Crippen LogP contribution in [0.25, 0.3) is 22.3 Å². The second-order valence-corrected chi connectivity index (χ2v) is 6.63. The van der Waals surface area contributed by atoms with Crippen molar-refractivity contribution in [2.24, 2.45) is 0 Å². The molecule has 4 aromatic rings. The lowest BCUT2D eigenvalue weighted by Gasteiger charge is -2.16. The van der Waals surface area contributed by atoms with Crippen LogP contribution in [0.15, 0.2) is 91.0 Å². The van der Waals surface area contributed by atoms with Crippen molar-refractivity contribution < 1.29 is 19.4 Å². The summed E-state index contributed by atoms with van der Waals surface area (Å²) in [7, 11) is 1.60. The fourth-order valence-electron chi connectivity index (χ4n) is 3.21. The number of methoxy groups -OCH3 is 1. The molecule has 0 bridgehead atoms. The minimum Gasteiger partial charge on any atom is -0.508 e. The summed E-state index contributed by atoms with van der Waals surface area (Å²) in [5.41, 5.74) is 3.27. The number of phenols is 1. The van der Waals surface area contributed by atoms with E-state index < -0.39 is 5.97 Å². The minimum atomic E-state index is -0.472. The van der Waals surface area contributed by atoms with Gasteiger partial charge in [0.15, 0.2) is 0 Å². The van der Waals surface area contributed by atoms with Gasteiger partial charge in [0.2, 0.25) is 0 Å². The Morgan fingerprint density at radius 2 is 1.63 bits per heavy atom. The molecule has 0 spiro atoms. The Kier molecular flexibility index (Phi) is 5.48. The summed E-state index contributed by atoms with van der Waals surface area (Å²) in [6.45, 7) is 0. The lowest BCUT2D eigenvalue weighted by molar-refractivity contribution is 0.0736. The molecule has 4 rings (SSSR count). The first kappa shape index (κ1) is 19.3. The average Bonchev–Trinajstić information content (AvgIpc) is 2.79. The first-order valence-electron chi connectivity index (χ1n) is 9.41. The second-order valence-electron chi connectivity index (χ2n) is 6.63. The summed E-state index contributed by atoms with van der Waals surface area (Å²) in [6, 6.07) is 29.9. The Balaban J connectivity index is 1.87. The quantitative estimate of drug-likeness (QED) is 0.345. The molecule has 0 saturated carbocycles. The van der Waals surface area contributed by atoms with Crippen LogP contribution in [0.1, 0.15) is 10.4 Å². The SMILES string of the molecule is COc1cccc(-c2[c]ccc(-c3cccc(O)c3)c2OC(=O)c2ccccc2)c1. The molecular weight excluding hydrogens is 376 g/mol. The molecule has 0 unspecified atom stereocenters. The van der Waals surface area contributed by atoms with Crippen LogP contribution in [-0.4, -0.2) is 18.2 Å². The first-order valence-corrected chi connectivity index (χ1v) is 9.41. The van der Waals surface area contributed by atoms with Crippen LogP contribution in [-0.2, 0) is 0 Å². The molecule has 30 heavy (non-hydrogen) atoms. The summed E-state index contributed by atoms with van der Waals surface area (Å²) < 4.78 is 11.2. The number of hydrogen-bond acceptors (Lipinski definition) is 4. The summed E-state index contributed by atoms with van der Waals surface area (Å²) in [5, 5.41) is 9.95. The van der Waals surface area contributed by atoms with Gasteiger partial charge in [-0.2, -0.15) is 0 Å². The van der Waals surface area contributed by atoms with Crippen LogP contribution in [0.2, 0.25) is 0 Å². The fourth-order valence-corrected chi connectivity index (χ4v) is 3.21. The molecule has 0 heterocycles. The zero-order chi connectivity index (χ0) is 20.9. The van der Waals surface area contributed by atoms with E-state index in [-0.39, 0.29) is 5.75 Å². The van der Waals surface area contributed by atoms with Crippen LogP contribution in [0.3, 0.4) is 0 Å². The van der Waals surface area contributed by atoms with E-state index in [1.807, 2.05) is 42.5 Å². The van der Waals surface area contributed by atoms with Gasteiger partial charge in [0.1, 0.15) is 17.2 Å². The van der Waals surface area contributed by atoms with E-state index in [0.29, 0.717) is 28.2 Å². The molecule has 0 atom stereocenters. The number of ether oxygens (including phenoxy) is 2. The van der Waals surface area contributed by atoms with Gasteiger partial charge in [0.25, 0.3) is 0 Å². The number of aromatic hydroxyl groups is 1. The first-order chi connectivity index (χ1) is 14.7.